The van der Waals surface area contributed by atoms with Gasteiger partial charge in [0.15, 0.2) is 0 Å². The summed E-state index contributed by atoms with van der Waals surface area (Å²) in [5.41, 5.74) is 2.64. The third kappa shape index (κ3) is 3.84. The molecule has 1 heterocycles. The van der Waals surface area contributed by atoms with Crippen molar-refractivity contribution in [3.63, 3.8) is 0 Å². The van der Waals surface area contributed by atoms with Crippen LogP contribution in [0.3, 0.4) is 0 Å². The second kappa shape index (κ2) is 7.07. The van der Waals surface area contributed by atoms with Crippen LogP contribution < -0.4 is 5.32 Å². The van der Waals surface area contributed by atoms with Gasteiger partial charge in [-0.15, -0.1) is 0 Å². The molecular weight excluding hydrogens is 264 g/mol. The van der Waals surface area contributed by atoms with Crippen LogP contribution in [0.15, 0.2) is 30.3 Å². The average Bonchev–Trinajstić information content (AvgIpc) is 3.27. The van der Waals surface area contributed by atoms with Gasteiger partial charge in [0, 0.05) is 37.5 Å². The van der Waals surface area contributed by atoms with Crippen molar-refractivity contribution in [2.75, 3.05) is 26.9 Å². The largest absolute Gasteiger partial charge is 0.382 e. The van der Waals surface area contributed by atoms with Gasteiger partial charge in [0.05, 0.1) is 19.8 Å². The summed E-state index contributed by atoms with van der Waals surface area (Å²) in [6.45, 7) is 3.86. The Morgan fingerprint density at radius 3 is 2.86 bits per heavy atom. The predicted molar refractivity (Wildman–Crippen MR) is 84.5 cm³/mol. The molecule has 0 unspecified atom stereocenters. The summed E-state index contributed by atoms with van der Waals surface area (Å²) >= 11 is 0. The number of nitrogens with one attached hydrogen (secondary N) is 1. The first-order chi connectivity index (χ1) is 10.4. The van der Waals surface area contributed by atoms with Gasteiger partial charge >= 0.3 is 0 Å². The van der Waals surface area contributed by atoms with E-state index in [4.69, 9.17) is 9.47 Å². The van der Waals surface area contributed by atoms with E-state index in [2.05, 4.69) is 40.2 Å². The highest BCUT2D eigenvalue weighted by atomic mass is 16.5. The molecule has 2 aromatic rings. The van der Waals surface area contributed by atoms with Crippen LogP contribution in [-0.2, 0) is 22.6 Å². The monoisotopic (exact) mass is 288 g/mol. The van der Waals surface area contributed by atoms with Crippen LogP contribution in [0, 0.1) is 0 Å². The van der Waals surface area contributed by atoms with E-state index in [1.54, 1.807) is 7.11 Å². The maximum Gasteiger partial charge on any atom is 0.0701 e. The predicted octanol–water partition coefficient (Wildman–Crippen LogP) is 2.56. The summed E-state index contributed by atoms with van der Waals surface area (Å²) in [4.78, 5) is 0. The molecule has 21 heavy (non-hydrogen) atoms. The van der Waals surface area contributed by atoms with E-state index in [0.717, 1.165) is 25.7 Å². The van der Waals surface area contributed by atoms with E-state index in [1.165, 1.54) is 29.4 Å². The van der Waals surface area contributed by atoms with Gasteiger partial charge in [0.25, 0.3) is 0 Å². The fraction of sp³-hybridized carbons (Fsp3) is 0.529. The molecular formula is C17H24N2O2. The lowest BCUT2D eigenvalue weighted by Crippen LogP contribution is -2.19. The molecule has 1 aliphatic rings. The Morgan fingerprint density at radius 2 is 2.05 bits per heavy atom. The van der Waals surface area contributed by atoms with Gasteiger partial charge in [-0.1, -0.05) is 18.2 Å². The number of hydrogen-bond donors (Lipinski definition) is 1. The third-order valence-corrected chi connectivity index (χ3v) is 3.94. The van der Waals surface area contributed by atoms with E-state index in [9.17, 15) is 0 Å². The van der Waals surface area contributed by atoms with Crippen molar-refractivity contribution in [2.24, 2.45) is 0 Å². The normalized spacial score (nSPS) is 14.9. The van der Waals surface area contributed by atoms with Crippen LogP contribution in [0.25, 0.3) is 10.9 Å². The minimum absolute atomic E-state index is 0.655. The molecule has 3 rings (SSSR count). The lowest BCUT2D eigenvalue weighted by molar-refractivity contribution is 0.0667. The molecule has 0 amide bonds. The topological polar surface area (TPSA) is 35.4 Å². The van der Waals surface area contributed by atoms with Gasteiger partial charge in [-0.25, -0.2) is 0 Å². The third-order valence-electron chi connectivity index (χ3n) is 3.94. The zero-order valence-corrected chi connectivity index (χ0v) is 12.7. The Balaban J connectivity index is 1.68. The average molecular weight is 288 g/mol. The van der Waals surface area contributed by atoms with Crippen LogP contribution in [-0.4, -0.2) is 37.5 Å². The fourth-order valence-corrected chi connectivity index (χ4v) is 2.61. The van der Waals surface area contributed by atoms with Crippen LogP contribution in [0.2, 0.25) is 0 Å². The molecule has 1 aromatic carbocycles. The molecule has 0 radical (unpaired) electrons. The van der Waals surface area contributed by atoms with Gasteiger partial charge in [0.2, 0.25) is 0 Å². The Kier molecular flexibility index (Phi) is 4.91. The molecule has 1 aromatic heterocycles. The Hall–Kier alpha value is -1.36. The Morgan fingerprint density at radius 1 is 1.19 bits per heavy atom. The van der Waals surface area contributed by atoms with Crippen LogP contribution >= 0.6 is 0 Å². The number of rotatable bonds is 9. The SMILES string of the molecule is COCCOCCn1c(CNC2CC2)cc2ccccc21. The molecule has 4 nitrogen and oxygen atoms in total. The van der Waals surface area contributed by atoms with Crippen LogP contribution in [0.1, 0.15) is 18.5 Å². The summed E-state index contributed by atoms with van der Waals surface area (Å²) in [5.74, 6) is 0. The van der Waals surface area contributed by atoms with E-state index in [0.29, 0.717) is 13.2 Å². The molecule has 0 bridgehead atoms. The summed E-state index contributed by atoms with van der Waals surface area (Å²) in [5, 5.41) is 4.91. The molecule has 0 spiro atoms. The number of para-hydroxylation sites is 1. The van der Waals surface area contributed by atoms with Crippen molar-refractivity contribution in [2.45, 2.75) is 32.0 Å². The minimum atomic E-state index is 0.655. The molecule has 114 valence electrons. The van der Waals surface area contributed by atoms with Gasteiger partial charge in [0.1, 0.15) is 0 Å². The van der Waals surface area contributed by atoms with Crippen molar-refractivity contribution in [3.05, 3.63) is 36.0 Å². The van der Waals surface area contributed by atoms with E-state index in [1.807, 2.05) is 0 Å². The lowest BCUT2D eigenvalue weighted by atomic mass is 10.2. The van der Waals surface area contributed by atoms with Gasteiger partial charge in [-0.3, -0.25) is 0 Å². The Labute approximate surface area is 126 Å². The van der Waals surface area contributed by atoms with Crippen molar-refractivity contribution in [1.82, 2.24) is 9.88 Å². The molecule has 1 N–H and O–H groups in total. The molecule has 1 fully saturated rings. The lowest BCUT2D eigenvalue weighted by Gasteiger charge is -2.12. The standard InChI is InChI=1S/C17H24N2O2/c1-20-10-11-21-9-8-19-16(13-18-15-6-7-15)12-14-4-2-3-5-17(14)19/h2-5,12,15,18H,6-11,13H2,1H3. The van der Waals surface area contributed by atoms with Crippen molar-refractivity contribution in [3.8, 4) is 0 Å². The number of ether oxygens (including phenoxy) is 2. The number of methoxy groups -OCH3 is 1. The molecule has 0 saturated heterocycles. The highest BCUT2D eigenvalue weighted by Crippen LogP contribution is 2.22. The number of aromatic nitrogens is 1. The second-order valence-corrected chi connectivity index (χ2v) is 5.61. The first kappa shape index (κ1) is 14.6. The number of fused-ring (bicyclic) bond motifs is 1. The van der Waals surface area contributed by atoms with Crippen molar-refractivity contribution >= 4 is 10.9 Å². The maximum atomic E-state index is 5.62. The molecule has 4 heteroatoms. The molecule has 0 aliphatic heterocycles. The summed E-state index contributed by atoms with van der Waals surface area (Å²) < 4.78 is 13.0. The van der Waals surface area contributed by atoms with E-state index >= 15 is 0 Å². The summed E-state index contributed by atoms with van der Waals surface area (Å²) in [7, 11) is 1.70. The van der Waals surface area contributed by atoms with Gasteiger partial charge in [-0.2, -0.15) is 0 Å². The number of hydrogen-bond acceptors (Lipinski definition) is 3. The van der Waals surface area contributed by atoms with Gasteiger partial charge < -0.3 is 19.4 Å². The smallest absolute Gasteiger partial charge is 0.0701 e. The summed E-state index contributed by atoms with van der Waals surface area (Å²) in [6, 6.07) is 11.6. The van der Waals surface area contributed by atoms with Crippen molar-refractivity contribution in [1.29, 1.82) is 0 Å². The van der Waals surface area contributed by atoms with Crippen LogP contribution in [0.5, 0.6) is 0 Å². The van der Waals surface area contributed by atoms with Gasteiger partial charge in [-0.05, 0) is 30.4 Å². The van der Waals surface area contributed by atoms with Crippen LogP contribution in [0.4, 0.5) is 0 Å². The minimum Gasteiger partial charge on any atom is -0.382 e. The zero-order valence-electron chi connectivity index (χ0n) is 12.7. The van der Waals surface area contributed by atoms with E-state index < -0.39 is 0 Å². The highest BCUT2D eigenvalue weighted by molar-refractivity contribution is 5.81. The first-order valence-corrected chi connectivity index (χ1v) is 7.75. The molecule has 1 saturated carbocycles. The quantitative estimate of drug-likeness (QED) is 0.720. The highest BCUT2D eigenvalue weighted by Gasteiger charge is 2.20. The maximum absolute atomic E-state index is 5.62. The van der Waals surface area contributed by atoms with Crippen molar-refractivity contribution < 1.29 is 9.47 Å². The number of nitrogens with zero attached hydrogens (tertiary/aromatic N) is 1. The fourth-order valence-electron chi connectivity index (χ4n) is 2.61. The molecule has 1 aliphatic carbocycles. The second-order valence-electron chi connectivity index (χ2n) is 5.61. The zero-order chi connectivity index (χ0) is 14.5. The summed E-state index contributed by atoms with van der Waals surface area (Å²) in [6.07, 6.45) is 2.64. The number of benzene rings is 1. The van der Waals surface area contributed by atoms with E-state index in [-0.39, 0.29) is 0 Å². The first-order valence-electron chi connectivity index (χ1n) is 7.75. The Bertz CT molecular complexity index is 575. The molecule has 0 atom stereocenters.